The van der Waals surface area contributed by atoms with E-state index in [-0.39, 0.29) is 17.1 Å². The van der Waals surface area contributed by atoms with Gasteiger partial charge in [0.05, 0.1) is 20.1 Å². The molecule has 106 valence electrons. The zero-order valence-electron chi connectivity index (χ0n) is 9.88. The topological polar surface area (TPSA) is 57.7 Å². The van der Waals surface area contributed by atoms with Crippen molar-refractivity contribution in [3.8, 4) is 11.6 Å². The number of nitrogens with zero attached hydrogens (tertiary/aromatic N) is 1. The summed E-state index contributed by atoms with van der Waals surface area (Å²) in [6, 6.07) is 1.04. The summed E-state index contributed by atoms with van der Waals surface area (Å²) in [5.74, 6) is -2.34. The molecule has 0 spiro atoms. The largest absolute Gasteiger partial charge is 0.573 e. The number of rotatable bonds is 4. The molecule has 0 aliphatic rings. The van der Waals surface area contributed by atoms with Gasteiger partial charge in [0.2, 0.25) is 0 Å². The first kappa shape index (κ1) is 15.4. The van der Waals surface area contributed by atoms with Gasteiger partial charge in [-0.15, -0.1) is 24.8 Å². The Bertz CT molecular complexity index is 453. The maximum absolute atomic E-state index is 12.3. The lowest BCUT2D eigenvalue weighted by Gasteiger charge is -2.15. The third-order valence-electron chi connectivity index (χ3n) is 1.97. The van der Waals surface area contributed by atoms with Crippen LogP contribution in [0.1, 0.15) is 16.1 Å². The highest BCUT2D eigenvalue weighted by Crippen LogP contribution is 2.35. The van der Waals surface area contributed by atoms with Gasteiger partial charge in [0, 0.05) is 5.56 Å². The van der Waals surface area contributed by atoms with E-state index in [1.54, 1.807) is 0 Å². The minimum atomic E-state index is -4.93. The molecule has 0 atom stereocenters. The van der Waals surface area contributed by atoms with Crippen LogP contribution in [0.4, 0.5) is 13.2 Å². The van der Waals surface area contributed by atoms with Gasteiger partial charge in [-0.25, -0.2) is 9.78 Å². The Balaban J connectivity index is 3.33. The van der Waals surface area contributed by atoms with E-state index in [4.69, 9.17) is 11.6 Å². The van der Waals surface area contributed by atoms with E-state index in [0.717, 1.165) is 20.3 Å². The van der Waals surface area contributed by atoms with Gasteiger partial charge in [-0.1, -0.05) is 0 Å². The van der Waals surface area contributed by atoms with Crippen LogP contribution < -0.4 is 9.47 Å². The Morgan fingerprint density at radius 3 is 2.47 bits per heavy atom. The van der Waals surface area contributed by atoms with Gasteiger partial charge in [0.1, 0.15) is 0 Å². The van der Waals surface area contributed by atoms with Crippen LogP contribution in [0.15, 0.2) is 6.07 Å². The lowest BCUT2D eigenvalue weighted by Crippen LogP contribution is -2.19. The Labute approximate surface area is 111 Å². The van der Waals surface area contributed by atoms with Crippen molar-refractivity contribution in [3.63, 3.8) is 0 Å². The van der Waals surface area contributed by atoms with Crippen molar-refractivity contribution in [3.05, 3.63) is 17.3 Å². The van der Waals surface area contributed by atoms with Crippen LogP contribution in [-0.4, -0.2) is 31.5 Å². The number of methoxy groups -OCH3 is 2. The van der Waals surface area contributed by atoms with Gasteiger partial charge >= 0.3 is 12.3 Å². The van der Waals surface area contributed by atoms with E-state index in [1.165, 1.54) is 0 Å². The number of esters is 1. The van der Waals surface area contributed by atoms with Gasteiger partial charge in [0.15, 0.2) is 11.4 Å². The third kappa shape index (κ3) is 3.88. The molecule has 1 rings (SSSR count). The van der Waals surface area contributed by atoms with Crippen LogP contribution in [0.2, 0.25) is 0 Å². The van der Waals surface area contributed by atoms with Crippen molar-refractivity contribution in [2.45, 2.75) is 12.2 Å². The number of ether oxygens (including phenoxy) is 3. The molecule has 0 bridgehead atoms. The van der Waals surface area contributed by atoms with Crippen molar-refractivity contribution < 1.29 is 32.2 Å². The molecule has 0 unspecified atom stereocenters. The molecular weight excluding hydrogens is 291 g/mol. The number of pyridine rings is 1. The maximum atomic E-state index is 12.3. The van der Waals surface area contributed by atoms with Crippen LogP contribution in [0.5, 0.6) is 11.6 Å². The summed E-state index contributed by atoms with van der Waals surface area (Å²) in [6.45, 7) is 0. The summed E-state index contributed by atoms with van der Waals surface area (Å²) in [6.07, 6.45) is -4.93. The third-order valence-corrected chi connectivity index (χ3v) is 2.26. The Hall–Kier alpha value is -1.70. The first-order valence-electron chi connectivity index (χ1n) is 4.80. The van der Waals surface area contributed by atoms with Crippen molar-refractivity contribution in [1.29, 1.82) is 0 Å². The van der Waals surface area contributed by atoms with E-state index in [0.29, 0.717) is 0 Å². The average Bonchev–Trinajstić information content (AvgIpc) is 2.36. The van der Waals surface area contributed by atoms with E-state index < -0.39 is 24.0 Å². The van der Waals surface area contributed by atoms with Crippen LogP contribution in [0, 0.1) is 0 Å². The van der Waals surface area contributed by atoms with Crippen molar-refractivity contribution in [2.24, 2.45) is 0 Å². The maximum Gasteiger partial charge on any atom is 0.573 e. The van der Waals surface area contributed by atoms with E-state index >= 15 is 0 Å². The summed E-state index contributed by atoms with van der Waals surface area (Å²) in [4.78, 5) is 14.9. The zero-order chi connectivity index (χ0) is 14.6. The number of alkyl halides is 4. The van der Waals surface area contributed by atoms with Gasteiger partial charge in [-0.3, -0.25) is 0 Å². The first-order chi connectivity index (χ1) is 8.82. The number of aromatic nitrogens is 1. The van der Waals surface area contributed by atoms with Crippen LogP contribution in [0.25, 0.3) is 0 Å². The SMILES string of the molecule is COC(=O)c1cc(CCl)c(OC(F)(F)F)c(OC)n1. The molecular formula is C10H9ClF3NO4. The van der Waals surface area contributed by atoms with Gasteiger partial charge < -0.3 is 14.2 Å². The molecule has 0 radical (unpaired) electrons. The second-order valence-corrected chi connectivity index (χ2v) is 3.45. The molecule has 1 heterocycles. The lowest BCUT2D eigenvalue weighted by atomic mass is 10.2. The van der Waals surface area contributed by atoms with Crippen molar-refractivity contribution in [1.82, 2.24) is 4.98 Å². The summed E-state index contributed by atoms with van der Waals surface area (Å²) < 4.78 is 49.6. The van der Waals surface area contributed by atoms with E-state index in [9.17, 15) is 18.0 Å². The van der Waals surface area contributed by atoms with Gasteiger partial charge in [0.25, 0.3) is 5.88 Å². The predicted octanol–water partition coefficient (Wildman–Crippen LogP) is 2.51. The minimum absolute atomic E-state index is 0.0914. The first-order valence-corrected chi connectivity index (χ1v) is 5.33. The second kappa shape index (κ2) is 5.96. The summed E-state index contributed by atoms with van der Waals surface area (Å²) >= 11 is 5.53. The molecule has 1 aromatic rings. The summed E-state index contributed by atoms with van der Waals surface area (Å²) in [5.41, 5.74) is -0.323. The molecule has 0 saturated carbocycles. The molecule has 0 aliphatic heterocycles. The normalized spacial score (nSPS) is 11.1. The molecule has 0 aliphatic carbocycles. The van der Waals surface area contributed by atoms with E-state index in [1.807, 2.05) is 0 Å². The van der Waals surface area contributed by atoms with Crippen LogP contribution in [0.3, 0.4) is 0 Å². The summed E-state index contributed by atoms with van der Waals surface area (Å²) in [5, 5.41) is 0. The minimum Gasteiger partial charge on any atom is -0.478 e. The fourth-order valence-electron chi connectivity index (χ4n) is 1.23. The highest BCUT2D eigenvalue weighted by Gasteiger charge is 2.34. The smallest absolute Gasteiger partial charge is 0.478 e. The standard InChI is InChI=1S/C10H9ClF3NO4/c1-17-8-7(19-10(12,13)14)5(4-11)3-6(15-8)9(16)18-2/h3H,4H2,1-2H3. The lowest BCUT2D eigenvalue weighted by molar-refractivity contribution is -0.275. The predicted molar refractivity (Wildman–Crippen MR) is 58.4 cm³/mol. The quantitative estimate of drug-likeness (QED) is 0.631. The van der Waals surface area contributed by atoms with Gasteiger partial charge in [-0.05, 0) is 6.07 Å². The zero-order valence-corrected chi connectivity index (χ0v) is 10.6. The van der Waals surface area contributed by atoms with E-state index in [2.05, 4.69) is 19.2 Å². The van der Waals surface area contributed by atoms with Crippen molar-refractivity contribution >= 4 is 17.6 Å². The monoisotopic (exact) mass is 299 g/mol. The number of carbonyl (C=O) groups is 1. The fourth-order valence-corrected chi connectivity index (χ4v) is 1.43. The molecule has 0 fully saturated rings. The number of halogens is 4. The molecule has 0 saturated heterocycles. The number of hydrogen-bond donors (Lipinski definition) is 0. The number of hydrogen-bond acceptors (Lipinski definition) is 5. The number of carbonyl (C=O) groups excluding carboxylic acids is 1. The highest BCUT2D eigenvalue weighted by molar-refractivity contribution is 6.17. The van der Waals surface area contributed by atoms with Crippen LogP contribution in [-0.2, 0) is 10.6 Å². The molecule has 0 amide bonds. The molecule has 9 heteroatoms. The Morgan fingerprint density at radius 1 is 1.42 bits per heavy atom. The average molecular weight is 300 g/mol. The molecule has 0 aromatic carbocycles. The highest BCUT2D eigenvalue weighted by atomic mass is 35.5. The van der Waals surface area contributed by atoms with Crippen molar-refractivity contribution in [2.75, 3.05) is 14.2 Å². The molecule has 0 N–H and O–H groups in total. The Morgan fingerprint density at radius 2 is 2.05 bits per heavy atom. The van der Waals surface area contributed by atoms with Crippen LogP contribution >= 0.6 is 11.6 Å². The molecule has 1 aromatic heterocycles. The Kier molecular flexibility index (Phi) is 4.82. The summed E-state index contributed by atoms with van der Waals surface area (Å²) in [7, 11) is 2.20. The second-order valence-electron chi connectivity index (χ2n) is 3.18. The fraction of sp³-hybridized carbons (Fsp3) is 0.400. The molecule has 19 heavy (non-hydrogen) atoms. The molecule has 5 nitrogen and oxygen atoms in total. The van der Waals surface area contributed by atoms with Gasteiger partial charge in [-0.2, -0.15) is 0 Å².